The molecule has 86 valence electrons. The van der Waals surface area contributed by atoms with E-state index >= 15 is 0 Å². The highest BCUT2D eigenvalue weighted by Crippen LogP contribution is 2.26. The van der Waals surface area contributed by atoms with Gasteiger partial charge in [0.05, 0.1) is 5.00 Å². The molecule has 0 saturated heterocycles. The Morgan fingerprint density at radius 2 is 2.06 bits per heavy atom. The highest BCUT2D eigenvalue weighted by molar-refractivity contribution is 7.18. The van der Waals surface area contributed by atoms with E-state index in [1.807, 2.05) is 13.8 Å². The molecule has 0 unspecified atom stereocenters. The molecular weight excluding hydrogens is 226 g/mol. The number of nitrogens with one attached hydrogen (secondary N) is 1. The molecule has 5 heteroatoms. The summed E-state index contributed by atoms with van der Waals surface area (Å²) < 4.78 is 0. The third kappa shape index (κ3) is 3.20. The van der Waals surface area contributed by atoms with E-state index in [0.29, 0.717) is 10.6 Å². The van der Waals surface area contributed by atoms with Crippen LogP contribution in [0, 0.1) is 6.92 Å². The Bertz CT molecular complexity index is 456. The molecule has 1 aromatic heterocycles. The van der Waals surface area contributed by atoms with Gasteiger partial charge in [0.25, 0.3) is 0 Å². The van der Waals surface area contributed by atoms with Crippen molar-refractivity contribution in [1.82, 2.24) is 0 Å². The Hall–Kier alpha value is -1.62. The van der Waals surface area contributed by atoms with Gasteiger partial charge in [-0.15, -0.1) is 11.3 Å². The lowest BCUT2D eigenvalue weighted by molar-refractivity contribution is -0.111. The summed E-state index contributed by atoms with van der Waals surface area (Å²) in [6, 6.07) is 1.66. The molecule has 0 saturated carbocycles. The molecule has 0 radical (unpaired) electrons. The van der Waals surface area contributed by atoms with Crippen LogP contribution < -0.4 is 5.32 Å². The zero-order valence-corrected chi connectivity index (χ0v) is 10.1. The predicted molar refractivity (Wildman–Crippen MR) is 64.1 cm³/mol. The van der Waals surface area contributed by atoms with E-state index in [0.717, 1.165) is 16.9 Å². The van der Waals surface area contributed by atoms with Crippen molar-refractivity contribution < 1.29 is 14.7 Å². The van der Waals surface area contributed by atoms with E-state index in [9.17, 15) is 9.59 Å². The minimum atomic E-state index is -0.967. The van der Waals surface area contributed by atoms with Crippen molar-refractivity contribution in [3.63, 3.8) is 0 Å². The number of aryl methyl sites for hydroxylation is 1. The molecule has 2 N–H and O–H groups in total. The number of carbonyl (C=O) groups is 2. The molecule has 0 spiro atoms. The first-order valence-corrected chi connectivity index (χ1v) is 5.51. The number of hydrogen-bond acceptors (Lipinski definition) is 3. The van der Waals surface area contributed by atoms with Crippen molar-refractivity contribution in [2.45, 2.75) is 20.8 Å². The van der Waals surface area contributed by atoms with E-state index in [4.69, 9.17) is 5.11 Å². The SMILES string of the molecule is CC(C)=CC(=O)Nc1cc(C)c(C(=O)O)s1. The summed E-state index contributed by atoms with van der Waals surface area (Å²) in [5, 5.41) is 12.0. The lowest BCUT2D eigenvalue weighted by Crippen LogP contribution is -2.06. The minimum Gasteiger partial charge on any atom is -0.477 e. The van der Waals surface area contributed by atoms with Gasteiger partial charge in [0.1, 0.15) is 4.88 Å². The average molecular weight is 239 g/mol. The number of hydrogen-bond donors (Lipinski definition) is 2. The molecule has 1 rings (SSSR count). The van der Waals surface area contributed by atoms with Crippen LogP contribution in [0.4, 0.5) is 5.00 Å². The lowest BCUT2D eigenvalue weighted by atomic mass is 10.3. The van der Waals surface area contributed by atoms with Gasteiger partial charge in [-0.3, -0.25) is 4.79 Å². The maximum atomic E-state index is 11.4. The van der Waals surface area contributed by atoms with Gasteiger partial charge < -0.3 is 10.4 Å². The van der Waals surface area contributed by atoms with Gasteiger partial charge in [-0.25, -0.2) is 4.79 Å². The van der Waals surface area contributed by atoms with E-state index in [2.05, 4.69) is 5.32 Å². The molecule has 0 bridgehead atoms. The van der Waals surface area contributed by atoms with Gasteiger partial charge in [-0.05, 0) is 32.4 Å². The van der Waals surface area contributed by atoms with Crippen LogP contribution in [-0.4, -0.2) is 17.0 Å². The van der Waals surface area contributed by atoms with Crippen molar-refractivity contribution in [2.75, 3.05) is 5.32 Å². The van der Waals surface area contributed by atoms with Crippen molar-refractivity contribution in [3.8, 4) is 0 Å². The summed E-state index contributed by atoms with van der Waals surface area (Å²) in [5.74, 6) is -1.21. The summed E-state index contributed by atoms with van der Waals surface area (Å²) in [6.45, 7) is 5.35. The molecule has 1 heterocycles. The Morgan fingerprint density at radius 1 is 1.44 bits per heavy atom. The van der Waals surface area contributed by atoms with Crippen LogP contribution in [0.2, 0.25) is 0 Å². The molecule has 0 fully saturated rings. The van der Waals surface area contributed by atoms with Gasteiger partial charge in [-0.1, -0.05) is 5.57 Å². The molecule has 0 aliphatic rings. The van der Waals surface area contributed by atoms with Gasteiger partial charge in [0.2, 0.25) is 5.91 Å². The maximum absolute atomic E-state index is 11.4. The van der Waals surface area contributed by atoms with Crippen LogP contribution in [0.25, 0.3) is 0 Å². The van der Waals surface area contributed by atoms with Gasteiger partial charge in [0.15, 0.2) is 0 Å². The summed E-state index contributed by atoms with van der Waals surface area (Å²) in [4.78, 5) is 22.4. The predicted octanol–water partition coefficient (Wildman–Crippen LogP) is 2.66. The maximum Gasteiger partial charge on any atom is 0.346 e. The molecule has 1 aromatic rings. The molecule has 4 nitrogen and oxygen atoms in total. The van der Waals surface area contributed by atoms with Crippen molar-refractivity contribution in [2.24, 2.45) is 0 Å². The largest absolute Gasteiger partial charge is 0.477 e. The zero-order valence-electron chi connectivity index (χ0n) is 9.33. The second-order valence-corrected chi connectivity index (χ2v) is 4.69. The van der Waals surface area contributed by atoms with Crippen LogP contribution in [0.5, 0.6) is 0 Å². The van der Waals surface area contributed by atoms with Crippen LogP contribution in [0.1, 0.15) is 29.1 Å². The van der Waals surface area contributed by atoms with Crippen molar-refractivity contribution in [1.29, 1.82) is 0 Å². The smallest absolute Gasteiger partial charge is 0.346 e. The highest BCUT2D eigenvalue weighted by Gasteiger charge is 2.12. The molecule has 1 amide bonds. The third-order valence-corrected chi connectivity index (χ3v) is 2.92. The van der Waals surface area contributed by atoms with Gasteiger partial charge >= 0.3 is 5.97 Å². The van der Waals surface area contributed by atoms with E-state index in [1.165, 1.54) is 6.08 Å². The van der Waals surface area contributed by atoms with E-state index < -0.39 is 5.97 Å². The quantitative estimate of drug-likeness (QED) is 0.797. The molecule has 0 aliphatic carbocycles. The normalized spacial score (nSPS) is 9.69. The summed E-state index contributed by atoms with van der Waals surface area (Å²) >= 11 is 1.06. The lowest BCUT2D eigenvalue weighted by Gasteiger charge is -1.97. The monoisotopic (exact) mass is 239 g/mol. The first-order chi connectivity index (χ1) is 7.40. The fourth-order valence-corrected chi connectivity index (χ4v) is 2.09. The first kappa shape index (κ1) is 12.4. The Kier molecular flexibility index (Phi) is 3.84. The first-order valence-electron chi connectivity index (χ1n) is 4.69. The number of anilines is 1. The van der Waals surface area contributed by atoms with E-state index in [-0.39, 0.29) is 10.8 Å². The zero-order chi connectivity index (χ0) is 12.3. The summed E-state index contributed by atoms with van der Waals surface area (Å²) in [5.41, 5.74) is 1.55. The number of rotatable bonds is 3. The molecule has 0 aromatic carbocycles. The molecule has 16 heavy (non-hydrogen) atoms. The highest BCUT2D eigenvalue weighted by atomic mass is 32.1. The number of amides is 1. The number of carbonyl (C=O) groups excluding carboxylic acids is 1. The summed E-state index contributed by atoms with van der Waals surface area (Å²) in [7, 11) is 0. The topological polar surface area (TPSA) is 66.4 Å². The van der Waals surface area contributed by atoms with Gasteiger partial charge in [-0.2, -0.15) is 0 Å². The van der Waals surface area contributed by atoms with Crippen LogP contribution in [0.3, 0.4) is 0 Å². The number of carboxylic acid groups (broad SMARTS) is 1. The Labute approximate surface area is 97.6 Å². The fraction of sp³-hybridized carbons (Fsp3) is 0.273. The second kappa shape index (κ2) is 4.94. The van der Waals surface area contributed by atoms with Crippen molar-refractivity contribution >= 4 is 28.2 Å². The molecule has 0 atom stereocenters. The van der Waals surface area contributed by atoms with Gasteiger partial charge in [0, 0.05) is 6.08 Å². The Balaban J connectivity index is 2.84. The van der Waals surface area contributed by atoms with Crippen LogP contribution in [-0.2, 0) is 4.79 Å². The number of allylic oxidation sites excluding steroid dienone is 1. The number of aromatic carboxylic acids is 1. The average Bonchev–Trinajstić information content (AvgIpc) is 2.44. The molecule has 0 aliphatic heterocycles. The van der Waals surface area contributed by atoms with Crippen molar-refractivity contribution in [3.05, 3.63) is 28.2 Å². The van der Waals surface area contributed by atoms with E-state index in [1.54, 1.807) is 13.0 Å². The summed E-state index contributed by atoms with van der Waals surface area (Å²) in [6.07, 6.45) is 1.47. The number of carboxylic acids is 1. The molecular formula is C11H13NO3S. The third-order valence-electron chi connectivity index (χ3n) is 1.78. The standard InChI is InChI=1S/C11H13NO3S/c1-6(2)4-8(13)12-9-5-7(3)10(16-9)11(14)15/h4-5H,1-3H3,(H,12,13)(H,14,15). The van der Waals surface area contributed by atoms with Crippen LogP contribution in [0.15, 0.2) is 17.7 Å². The Morgan fingerprint density at radius 3 is 2.50 bits per heavy atom. The fourth-order valence-electron chi connectivity index (χ4n) is 1.18. The second-order valence-electron chi connectivity index (χ2n) is 3.64. The van der Waals surface area contributed by atoms with Crippen LogP contribution >= 0.6 is 11.3 Å². The minimum absolute atomic E-state index is 0.238. The number of thiophene rings is 1.